The summed E-state index contributed by atoms with van der Waals surface area (Å²) in [4.78, 5) is 16.2. The van der Waals surface area contributed by atoms with Gasteiger partial charge in [0.05, 0.1) is 11.0 Å². The van der Waals surface area contributed by atoms with Crippen LogP contribution in [-0.4, -0.2) is 22.0 Å². The van der Waals surface area contributed by atoms with Crippen molar-refractivity contribution in [1.29, 1.82) is 0 Å². The van der Waals surface area contributed by atoms with Crippen LogP contribution in [0.2, 0.25) is 0 Å². The molecule has 0 unspecified atom stereocenters. The van der Waals surface area contributed by atoms with Crippen LogP contribution in [0.4, 0.5) is 0 Å². The molecule has 0 saturated heterocycles. The standard InChI is InChI=1S/C17H25N3O/c1-3-4-5-12-17(21)18-13-8-11-16-19-14-9-6-7-10-15(14)20(16)2/h6-7,9-10H,3-5,8,11-13H2,1-2H3,(H,18,21). The Bertz CT molecular complexity index is 589. The van der Waals surface area contributed by atoms with E-state index in [1.165, 1.54) is 0 Å². The van der Waals surface area contributed by atoms with E-state index >= 15 is 0 Å². The number of hydrogen-bond donors (Lipinski definition) is 1. The Morgan fingerprint density at radius 1 is 1.24 bits per heavy atom. The zero-order valence-electron chi connectivity index (χ0n) is 13.1. The number of unbranched alkanes of at least 4 members (excludes halogenated alkanes) is 2. The number of carbonyl (C=O) groups is 1. The van der Waals surface area contributed by atoms with E-state index in [-0.39, 0.29) is 5.91 Å². The van der Waals surface area contributed by atoms with E-state index in [1.807, 2.05) is 25.2 Å². The van der Waals surface area contributed by atoms with Gasteiger partial charge < -0.3 is 9.88 Å². The summed E-state index contributed by atoms with van der Waals surface area (Å²) in [5, 5.41) is 2.99. The van der Waals surface area contributed by atoms with Crippen LogP contribution >= 0.6 is 0 Å². The largest absolute Gasteiger partial charge is 0.356 e. The van der Waals surface area contributed by atoms with Crippen molar-refractivity contribution in [2.24, 2.45) is 7.05 Å². The summed E-state index contributed by atoms with van der Waals surface area (Å²) in [5.74, 6) is 1.25. The summed E-state index contributed by atoms with van der Waals surface area (Å²) in [6.45, 7) is 2.88. The van der Waals surface area contributed by atoms with E-state index in [0.29, 0.717) is 6.42 Å². The molecule has 1 N–H and O–H groups in total. The summed E-state index contributed by atoms with van der Waals surface area (Å²) < 4.78 is 2.14. The van der Waals surface area contributed by atoms with Gasteiger partial charge in [-0.1, -0.05) is 31.9 Å². The summed E-state index contributed by atoms with van der Waals surface area (Å²) in [6.07, 6.45) is 5.75. The van der Waals surface area contributed by atoms with Crippen LogP contribution in [0.1, 0.15) is 44.9 Å². The molecule has 0 aliphatic rings. The molecule has 0 aliphatic carbocycles. The Morgan fingerprint density at radius 3 is 2.81 bits per heavy atom. The number of nitrogens with zero attached hydrogens (tertiary/aromatic N) is 2. The highest BCUT2D eigenvalue weighted by Crippen LogP contribution is 2.14. The third-order valence-corrected chi connectivity index (χ3v) is 3.79. The molecular weight excluding hydrogens is 262 g/mol. The first-order valence-electron chi connectivity index (χ1n) is 7.89. The molecule has 1 aromatic heterocycles. The first-order chi connectivity index (χ1) is 10.2. The highest BCUT2D eigenvalue weighted by molar-refractivity contribution is 5.76. The second kappa shape index (κ2) is 7.81. The van der Waals surface area contributed by atoms with Gasteiger partial charge in [-0.3, -0.25) is 4.79 Å². The van der Waals surface area contributed by atoms with Gasteiger partial charge in [-0.2, -0.15) is 0 Å². The van der Waals surface area contributed by atoms with Gasteiger partial charge in [0.25, 0.3) is 0 Å². The van der Waals surface area contributed by atoms with Crippen LogP contribution < -0.4 is 5.32 Å². The van der Waals surface area contributed by atoms with E-state index < -0.39 is 0 Å². The lowest BCUT2D eigenvalue weighted by molar-refractivity contribution is -0.121. The van der Waals surface area contributed by atoms with Crippen LogP contribution in [0.5, 0.6) is 0 Å². The lowest BCUT2D eigenvalue weighted by atomic mass is 10.2. The number of nitrogens with one attached hydrogen (secondary N) is 1. The molecular formula is C17H25N3O. The van der Waals surface area contributed by atoms with Gasteiger partial charge in [-0.15, -0.1) is 0 Å². The molecule has 0 spiro atoms. The Labute approximate surface area is 126 Å². The van der Waals surface area contributed by atoms with Gasteiger partial charge >= 0.3 is 0 Å². The molecule has 2 rings (SSSR count). The van der Waals surface area contributed by atoms with Gasteiger partial charge in [0, 0.05) is 26.4 Å². The summed E-state index contributed by atoms with van der Waals surface area (Å²) in [6, 6.07) is 8.16. The fraction of sp³-hybridized carbons (Fsp3) is 0.529. The van der Waals surface area contributed by atoms with Crippen molar-refractivity contribution in [3.8, 4) is 0 Å². The van der Waals surface area contributed by atoms with Crippen LogP contribution in [0.25, 0.3) is 11.0 Å². The fourth-order valence-corrected chi connectivity index (χ4v) is 2.52. The topological polar surface area (TPSA) is 46.9 Å². The minimum absolute atomic E-state index is 0.174. The SMILES string of the molecule is CCCCCC(=O)NCCCc1nc2ccccc2n1C. The van der Waals surface area contributed by atoms with Crippen LogP contribution in [-0.2, 0) is 18.3 Å². The summed E-state index contributed by atoms with van der Waals surface area (Å²) in [7, 11) is 2.05. The third kappa shape index (κ3) is 4.31. The number of hydrogen-bond acceptors (Lipinski definition) is 2. The Balaban J connectivity index is 1.75. The molecule has 4 nitrogen and oxygen atoms in total. The summed E-state index contributed by atoms with van der Waals surface area (Å²) >= 11 is 0. The number of amides is 1. The zero-order valence-corrected chi connectivity index (χ0v) is 13.1. The molecule has 114 valence electrons. The smallest absolute Gasteiger partial charge is 0.219 e. The van der Waals surface area contributed by atoms with Crippen molar-refractivity contribution in [3.63, 3.8) is 0 Å². The highest BCUT2D eigenvalue weighted by atomic mass is 16.1. The van der Waals surface area contributed by atoms with Crippen molar-refractivity contribution in [2.45, 2.75) is 45.4 Å². The van der Waals surface area contributed by atoms with E-state index in [1.54, 1.807) is 0 Å². The van der Waals surface area contributed by atoms with E-state index in [2.05, 4.69) is 27.9 Å². The Hall–Kier alpha value is -1.84. The maximum absolute atomic E-state index is 11.6. The molecule has 0 fully saturated rings. The van der Waals surface area contributed by atoms with Crippen molar-refractivity contribution in [3.05, 3.63) is 30.1 Å². The molecule has 0 bridgehead atoms. The molecule has 21 heavy (non-hydrogen) atoms. The second-order valence-corrected chi connectivity index (χ2v) is 5.49. The first-order valence-corrected chi connectivity index (χ1v) is 7.89. The molecule has 0 radical (unpaired) electrons. The van der Waals surface area contributed by atoms with Gasteiger partial charge in [0.15, 0.2) is 0 Å². The minimum atomic E-state index is 0.174. The van der Waals surface area contributed by atoms with E-state index in [4.69, 9.17) is 0 Å². The van der Waals surface area contributed by atoms with Crippen molar-refractivity contribution in [2.75, 3.05) is 6.54 Å². The monoisotopic (exact) mass is 287 g/mol. The quantitative estimate of drug-likeness (QED) is 0.758. The van der Waals surface area contributed by atoms with E-state index in [0.717, 1.165) is 55.5 Å². The number of carbonyl (C=O) groups excluding carboxylic acids is 1. The van der Waals surface area contributed by atoms with Crippen LogP contribution in [0, 0.1) is 0 Å². The molecule has 0 saturated carbocycles. The first kappa shape index (κ1) is 15.5. The molecule has 1 heterocycles. The third-order valence-electron chi connectivity index (χ3n) is 3.79. The lowest BCUT2D eigenvalue weighted by Crippen LogP contribution is -2.24. The van der Waals surface area contributed by atoms with Gasteiger partial charge in [-0.25, -0.2) is 4.98 Å². The number of fused-ring (bicyclic) bond motifs is 1. The van der Waals surface area contributed by atoms with Crippen LogP contribution in [0.15, 0.2) is 24.3 Å². The Kier molecular flexibility index (Phi) is 5.78. The van der Waals surface area contributed by atoms with Crippen LogP contribution in [0.3, 0.4) is 0 Å². The molecule has 1 aromatic carbocycles. The van der Waals surface area contributed by atoms with Crippen molar-refractivity contribution in [1.82, 2.24) is 14.9 Å². The highest BCUT2D eigenvalue weighted by Gasteiger charge is 2.07. The van der Waals surface area contributed by atoms with Crippen molar-refractivity contribution >= 4 is 16.9 Å². The fourth-order valence-electron chi connectivity index (χ4n) is 2.52. The normalized spacial score (nSPS) is 11.0. The summed E-state index contributed by atoms with van der Waals surface area (Å²) in [5.41, 5.74) is 2.20. The number of aromatic nitrogens is 2. The number of benzene rings is 1. The molecule has 1 amide bonds. The average molecular weight is 287 g/mol. The predicted octanol–water partition coefficient (Wildman–Crippen LogP) is 3.20. The molecule has 0 aliphatic heterocycles. The minimum Gasteiger partial charge on any atom is -0.356 e. The number of aryl methyl sites for hydroxylation is 2. The number of para-hydroxylation sites is 2. The zero-order chi connectivity index (χ0) is 15.1. The van der Waals surface area contributed by atoms with Crippen molar-refractivity contribution < 1.29 is 4.79 Å². The molecule has 0 atom stereocenters. The number of imidazole rings is 1. The van der Waals surface area contributed by atoms with E-state index in [9.17, 15) is 4.79 Å². The average Bonchev–Trinajstić information content (AvgIpc) is 2.81. The molecule has 2 aromatic rings. The maximum Gasteiger partial charge on any atom is 0.219 e. The van der Waals surface area contributed by atoms with Gasteiger partial charge in [-0.05, 0) is 25.0 Å². The molecule has 4 heteroatoms. The van der Waals surface area contributed by atoms with Gasteiger partial charge in [0.2, 0.25) is 5.91 Å². The Morgan fingerprint density at radius 2 is 2.05 bits per heavy atom. The maximum atomic E-state index is 11.6. The lowest BCUT2D eigenvalue weighted by Gasteiger charge is -2.05. The second-order valence-electron chi connectivity index (χ2n) is 5.49. The van der Waals surface area contributed by atoms with Gasteiger partial charge in [0.1, 0.15) is 5.82 Å². The predicted molar refractivity (Wildman–Crippen MR) is 86.2 cm³/mol. The number of rotatable bonds is 8.